The summed E-state index contributed by atoms with van der Waals surface area (Å²) in [5.74, 6) is -0.105. The largest absolute Gasteiger partial charge is 0.351 e. The lowest BCUT2D eigenvalue weighted by atomic mass is 10.1. The number of carbonyl (C=O) groups excluding carboxylic acids is 1. The molecule has 7 nitrogen and oxygen atoms in total. The van der Waals surface area contributed by atoms with Crippen molar-refractivity contribution in [2.75, 3.05) is 13.1 Å². The average molecular weight is 311 g/mol. The second-order valence-corrected chi connectivity index (χ2v) is 4.83. The van der Waals surface area contributed by atoms with Gasteiger partial charge in [-0.2, -0.15) is 10.2 Å². The Hall–Kier alpha value is -1.86. The summed E-state index contributed by atoms with van der Waals surface area (Å²) in [4.78, 5) is 12.1. The van der Waals surface area contributed by atoms with Crippen molar-refractivity contribution in [1.82, 2.24) is 30.6 Å². The Bertz CT molecular complexity index is 580. The van der Waals surface area contributed by atoms with Gasteiger partial charge in [0.1, 0.15) is 0 Å². The molecule has 0 saturated carbocycles. The van der Waals surface area contributed by atoms with Crippen LogP contribution < -0.4 is 10.6 Å². The van der Waals surface area contributed by atoms with Gasteiger partial charge in [0.05, 0.1) is 0 Å². The molecule has 0 atom stereocenters. The summed E-state index contributed by atoms with van der Waals surface area (Å²) in [6, 6.07) is 1.89. The molecule has 3 rings (SSSR count). The van der Waals surface area contributed by atoms with Crippen molar-refractivity contribution in [3.05, 3.63) is 35.4 Å². The number of hydrogen-bond donors (Lipinski definition) is 3. The van der Waals surface area contributed by atoms with E-state index in [1.165, 1.54) is 0 Å². The maximum absolute atomic E-state index is 12.1. The van der Waals surface area contributed by atoms with Gasteiger partial charge in [-0.3, -0.25) is 14.6 Å². The number of aromatic nitrogens is 4. The molecule has 0 spiro atoms. The van der Waals surface area contributed by atoms with E-state index < -0.39 is 0 Å². The molecule has 2 aromatic rings. The Morgan fingerprint density at radius 2 is 2.38 bits per heavy atom. The highest BCUT2D eigenvalue weighted by atomic mass is 35.5. The zero-order valence-electron chi connectivity index (χ0n) is 11.6. The van der Waals surface area contributed by atoms with Gasteiger partial charge in [-0.15, -0.1) is 12.4 Å². The second kappa shape index (κ2) is 7.24. The van der Waals surface area contributed by atoms with Crippen LogP contribution in [0.3, 0.4) is 0 Å². The molecular weight excluding hydrogens is 292 g/mol. The number of halogens is 1. The van der Waals surface area contributed by atoms with E-state index in [2.05, 4.69) is 25.9 Å². The summed E-state index contributed by atoms with van der Waals surface area (Å²) >= 11 is 0. The molecule has 8 heteroatoms. The standard InChI is InChI=1S/C13H18N6O.ClH/c20-13(15-4-1-7-19-8-2-5-16-19)12-10-9-14-6-3-11(10)17-18-12;/h2,5,8,14H,1,3-4,6-7,9H2,(H,15,20)(H,17,18);1H. The molecule has 2 aromatic heterocycles. The van der Waals surface area contributed by atoms with Gasteiger partial charge in [-0.1, -0.05) is 0 Å². The fraction of sp³-hybridized carbons (Fsp3) is 0.462. The van der Waals surface area contributed by atoms with Crippen LogP contribution >= 0.6 is 12.4 Å². The topological polar surface area (TPSA) is 87.6 Å². The molecule has 0 saturated heterocycles. The Balaban J connectivity index is 0.00000161. The molecule has 0 unspecified atom stereocenters. The number of aromatic amines is 1. The molecule has 114 valence electrons. The molecule has 1 aliphatic heterocycles. The van der Waals surface area contributed by atoms with Crippen LogP contribution in [0.25, 0.3) is 0 Å². The number of H-pyrrole nitrogens is 1. The van der Waals surface area contributed by atoms with Crippen molar-refractivity contribution in [2.45, 2.75) is 25.9 Å². The van der Waals surface area contributed by atoms with Crippen molar-refractivity contribution in [2.24, 2.45) is 0 Å². The monoisotopic (exact) mass is 310 g/mol. The zero-order valence-corrected chi connectivity index (χ0v) is 12.4. The summed E-state index contributed by atoms with van der Waals surface area (Å²) in [5.41, 5.74) is 2.59. The number of nitrogens with zero attached hydrogens (tertiary/aromatic N) is 3. The Kier molecular flexibility index (Phi) is 5.35. The van der Waals surface area contributed by atoms with Gasteiger partial charge < -0.3 is 10.6 Å². The predicted octanol–water partition coefficient (Wildman–Crippen LogP) is 0.494. The van der Waals surface area contributed by atoms with E-state index in [4.69, 9.17) is 0 Å². The molecular formula is C13H19ClN6O. The smallest absolute Gasteiger partial charge is 0.272 e. The first kappa shape index (κ1) is 15.5. The molecule has 0 fully saturated rings. The molecule has 1 aliphatic rings. The van der Waals surface area contributed by atoms with Crippen LogP contribution in [-0.4, -0.2) is 39.0 Å². The van der Waals surface area contributed by atoms with Crippen LogP contribution in [0, 0.1) is 0 Å². The van der Waals surface area contributed by atoms with E-state index >= 15 is 0 Å². The molecule has 0 aromatic carbocycles. The number of amides is 1. The van der Waals surface area contributed by atoms with E-state index in [0.717, 1.165) is 37.2 Å². The Labute approximate surface area is 128 Å². The van der Waals surface area contributed by atoms with E-state index in [1.54, 1.807) is 6.20 Å². The first-order valence-electron chi connectivity index (χ1n) is 6.87. The van der Waals surface area contributed by atoms with Gasteiger partial charge in [0, 0.05) is 56.3 Å². The van der Waals surface area contributed by atoms with Crippen LogP contribution in [-0.2, 0) is 19.5 Å². The van der Waals surface area contributed by atoms with E-state index in [1.807, 2.05) is 16.9 Å². The average Bonchev–Trinajstić information content (AvgIpc) is 3.12. The fourth-order valence-electron chi connectivity index (χ4n) is 2.37. The normalized spacial score (nSPS) is 13.3. The van der Waals surface area contributed by atoms with Crippen molar-refractivity contribution < 1.29 is 4.79 Å². The third-order valence-electron chi connectivity index (χ3n) is 3.43. The first-order valence-corrected chi connectivity index (χ1v) is 6.87. The summed E-state index contributed by atoms with van der Waals surface area (Å²) in [6.07, 6.45) is 5.41. The number of rotatable bonds is 5. The molecule has 0 radical (unpaired) electrons. The minimum Gasteiger partial charge on any atom is -0.351 e. The first-order chi connectivity index (χ1) is 9.84. The highest BCUT2D eigenvalue weighted by Crippen LogP contribution is 2.14. The van der Waals surface area contributed by atoms with Crippen molar-refractivity contribution in [3.8, 4) is 0 Å². The third-order valence-corrected chi connectivity index (χ3v) is 3.43. The third kappa shape index (κ3) is 3.62. The highest BCUT2D eigenvalue weighted by Gasteiger charge is 2.20. The fourth-order valence-corrected chi connectivity index (χ4v) is 2.37. The minimum absolute atomic E-state index is 0. The van der Waals surface area contributed by atoms with Crippen molar-refractivity contribution in [3.63, 3.8) is 0 Å². The lowest BCUT2D eigenvalue weighted by molar-refractivity contribution is 0.0946. The van der Waals surface area contributed by atoms with Crippen LogP contribution in [0.1, 0.15) is 28.2 Å². The van der Waals surface area contributed by atoms with Gasteiger partial charge in [0.2, 0.25) is 0 Å². The molecule has 3 N–H and O–H groups in total. The van der Waals surface area contributed by atoms with Gasteiger partial charge in [-0.05, 0) is 12.5 Å². The Morgan fingerprint density at radius 3 is 3.19 bits per heavy atom. The molecule has 21 heavy (non-hydrogen) atoms. The van der Waals surface area contributed by atoms with Gasteiger partial charge in [-0.25, -0.2) is 0 Å². The molecule has 3 heterocycles. The van der Waals surface area contributed by atoms with E-state index in [9.17, 15) is 4.79 Å². The minimum atomic E-state index is -0.105. The lowest BCUT2D eigenvalue weighted by Gasteiger charge is -2.12. The van der Waals surface area contributed by atoms with Crippen LogP contribution in [0.15, 0.2) is 18.5 Å². The lowest BCUT2D eigenvalue weighted by Crippen LogP contribution is -2.29. The highest BCUT2D eigenvalue weighted by molar-refractivity contribution is 5.94. The van der Waals surface area contributed by atoms with Crippen LogP contribution in [0.5, 0.6) is 0 Å². The van der Waals surface area contributed by atoms with Crippen LogP contribution in [0.2, 0.25) is 0 Å². The number of fused-ring (bicyclic) bond motifs is 1. The predicted molar refractivity (Wildman–Crippen MR) is 80.4 cm³/mol. The number of hydrogen-bond acceptors (Lipinski definition) is 4. The second-order valence-electron chi connectivity index (χ2n) is 4.83. The maximum atomic E-state index is 12.1. The number of carbonyl (C=O) groups is 1. The summed E-state index contributed by atoms with van der Waals surface area (Å²) in [5, 5.41) is 17.4. The quantitative estimate of drug-likeness (QED) is 0.702. The van der Waals surface area contributed by atoms with Gasteiger partial charge in [0.15, 0.2) is 5.69 Å². The molecule has 0 aliphatic carbocycles. The number of aryl methyl sites for hydroxylation is 1. The summed E-state index contributed by atoms with van der Waals surface area (Å²) in [7, 11) is 0. The Morgan fingerprint density at radius 1 is 1.48 bits per heavy atom. The SMILES string of the molecule is Cl.O=C(NCCCn1cccn1)c1n[nH]c2c1CNCC2. The molecule has 1 amide bonds. The maximum Gasteiger partial charge on any atom is 0.272 e. The zero-order chi connectivity index (χ0) is 13.8. The van der Waals surface area contributed by atoms with E-state index in [-0.39, 0.29) is 18.3 Å². The summed E-state index contributed by atoms with van der Waals surface area (Å²) < 4.78 is 1.85. The molecule has 0 bridgehead atoms. The van der Waals surface area contributed by atoms with E-state index in [0.29, 0.717) is 18.8 Å². The van der Waals surface area contributed by atoms with Gasteiger partial charge >= 0.3 is 0 Å². The van der Waals surface area contributed by atoms with Crippen molar-refractivity contribution in [1.29, 1.82) is 0 Å². The van der Waals surface area contributed by atoms with Crippen LogP contribution in [0.4, 0.5) is 0 Å². The van der Waals surface area contributed by atoms with Gasteiger partial charge in [0.25, 0.3) is 5.91 Å². The summed E-state index contributed by atoms with van der Waals surface area (Å²) in [6.45, 7) is 3.06. The van der Waals surface area contributed by atoms with Crippen molar-refractivity contribution >= 4 is 18.3 Å². The number of nitrogens with one attached hydrogen (secondary N) is 3.